The van der Waals surface area contributed by atoms with E-state index in [4.69, 9.17) is 9.68 Å². The lowest BCUT2D eigenvalue weighted by molar-refractivity contribution is 0.450. The number of fused-ring (bicyclic) bond motifs is 1. The summed E-state index contributed by atoms with van der Waals surface area (Å²) in [4.78, 5) is 27.1. The number of nitriles is 1. The topological polar surface area (TPSA) is 123 Å². The maximum atomic E-state index is 11.4. The predicted molar refractivity (Wildman–Crippen MR) is 69.3 cm³/mol. The molecule has 0 amide bonds. The number of nitrogens with one attached hydrogen (secondary N) is 2. The molecule has 0 bridgehead atoms. The Morgan fingerprint density at radius 3 is 2.75 bits per heavy atom. The number of aromatic amines is 2. The second-order valence-electron chi connectivity index (χ2n) is 4.11. The summed E-state index contributed by atoms with van der Waals surface area (Å²) in [5.74, 6) is -1.09. The lowest BCUT2D eigenvalue weighted by Crippen LogP contribution is -2.06. The number of aromatic hydroxyl groups is 1. The molecule has 7 heteroatoms. The molecule has 7 nitrogen and oxygen atoms in total. The molecule has 0 radical (unpaired) electrons. The van der Waals surface area contributed by atoms with Crippen LogP contribution in [-0.4, -0.2) is 15.1 Å². The molecule has 2 heterocycles. The Morgan fingerprint density at radius 2 is 2.00 bits per heavy atom. The van der Waals surface area contributed by atoms with Crippen LogP contribution in [0.4, 0.5) is 0 Å². The standard InChI is InChI=1S/C13H7N3O4/c14-5-8-7(4-11(17)16-12(8)18)6-1-2-9-10(3-6)20-13(19)15-9/h1-4H,(H,15,19)(H2,16,17,18). The highest BCUT2D eigenvalue weighted by atomic mass is 16.4. The largest absolute Gasteiger partial charge is 0.494 e. The first-order chi connectivity index (χ1) is 9.58. The first-order valence-corrected chi connectivity index (χ1v) is 5.58. The summed E-state index contributed by atoms with van der Waals surface area (Å²) in [5, 5.41) is 18.7. The van der Waals surface area contributed by atoms with Crippen molar-refractivity contribution in [2.75, 3.05) is 0 Å². The molecule has 0 saturated heterocycles. The average Bonchev–Trinajstić information content (AvgIpc) is 2.76. The normalized spacial score (nSPS) is 10.6. The zero-order chi connectivity index (χ0) is 14.3. The van der Waals surface area contributed by atoms with Crippen LogP contribution in [0.1, 0.15) is 5.56 Å². The fraction of sp³-hybridized carbons (Fsp3) is 0. The van der Waals surface area contributed by atoms with E-state index in [1.807, 2.05) is 6.07 Å². The van der Waals surface area contributed by atoms with Crippen LogP contribution in [0.25, 0.3) is 22.2 Å². The quantitative estimate of drug-likeness (QED) is 0.609. The van der Waals surface area contributed by atoms with E-state index in [9.17, 15) is 14.7 Å². The van der Waals surface area contributed by atoms with Crippen LogP contribution >= 0.6 is 0 Å². The Kier molecular flexibility index (Phi) is 2.44. The SMILES string of the molecule is N#Cc1c(-c2ccc3[nH]c(=O)oc3c2)cc(=O)[nH]c1O. The van der Waals surface area contributed by atoms with Gasteiger partial charge in [0.2, 0.25) is 5.88 Å². The summed E-state index contributed by atoms with van der Waals surface area (Å²) >= 11 is 0. The molecule has 0 aliphatic carbocycles. The van der Waals surface area contributed by atoms with Crippen LogP contribution in [0.2, 0.25) is 0 Å². The lowest BCUT2D eigenvalue weighted by Gasteiger charge is -2.04. The first-order valence-electron chi connectivity index (χ1n) is 5.58. The minimum absolute atomic E-state index is 0.0539. The zero-order valence-electron chi connectivity index (χ0n) is 9.93. The van der Waals surface area contributed by atoms with Gasteiger partial charge in [0.1, 0.15) is 11.6 Å². The highest BCUT2D eigenvalue weighted by molar-refractivity contribution is 5.82. The molecule has 3 aromatic rings. The third-order valence-corrected chi connectivity index (χ3v) is 2.87. The Hall–Kier alpha value is -3.27. The van der Waals surface area contributed by atoms with E-state index in [0.717, 1.165) is 0 Å². The van der Waals surface area contributed by atoms with E-state index in [1.54, 1.807) is 12.1 Å². The molecule has 3 N–H and O–H groups in total. The molecule has 0 saturated carbocycles. The fourth-order valence-electron chi connectivity index (χ4n) is 2.00. The monoisotopic (exact) mass is 269 g/mol. The summed E-state index contributed by atoms with van der Waals surface area (Å²) in [6, 6.07) is 7.74. The molecular formula is C13H7N3O4. The number of H-pyrrole nitrogens is 2. The van der Waals surface area contributed by atoms with Gasteiger partial charge in [-0.2, -0.15) is 5.26 Å². The third-order valence-electron chi connectivity index (χ3n) is 2.87. The summed E-state index contributed by atoms with van der Waals surface area (Å²) in [7, 11) is 0. The zero-order valence-corrected chi connectivity index (χ0v) is 9.93. The van der Waals surface area contributed by atoms with Crippen molar-refractivity contribution in [1.29, 1.82) is 5.26 Å². The highest BCUT2D eigenvalue weighted by Gasteiger charge is 2.13. The van der Waals surface area contributed by atoms with Crippen molar-refractivity contribution in [2.24, 2.45) is 0 Å². The number of hydrogen-bond acceptors (Lipinski definition) is 5. The molecule has 0 aliphatic heterocycles. The van der Waals surface area contributed by atoms with Crippen LogP contribution in [0.15, 0.2) is 38.3 Å². The molecule has 1 aromatic carbocycles. The van der Waals surface area contributed by atoms with Gasteiger partial charge in [-0.3, -0.25) is 14.8 Å². The third kappa shape index (κ3) is 1.76. The Morgan fingerprint density at radius 1 is 1.20 bits per heavy atom. The van der Waals surface area contributed by atoms with Crippen molar-refractivity contribution in [1.82, 2.24) is 9.97 Å². The molecule has 3 rings (SSSR count). The molecule has 98 valence electrons. The highest BCUT2D eigenvalue weighted by Crippen LogP contribution is 2.28. The Bertz CT molecular complexity index is 972. The van der Waals surface area contributed by atoms with Gasteiger partial charge in [-0.05, 0) is 17.7 Å². The van der Waals surface area contributed by atoms with Crippen molar-refractivity contribution >= 4 is 11.1 Å². The van der Waals surface area contributed by atoms with Gasteiger partial charge in [-0.1, -0.05) is 6.07 Å². The van der Waals surface area contributed by atoms with E-state index < -0.39 is 17.2 Å². The molecular weight excluding hydrogens is 262 g/mol. The number of pyridine rings is 1. The van der Waals surface area contributed by atoms with Crippen LogP contribution in [-0.2, 0) is 0 Å². The van der Waals surface area contributed by atoms with Crippen LogP contribution < -0.4 is 11.3 Å². The predicted octanol–water partition coefficient (Wildman–Crippen LogP) is 1.05. The van der Waals surface area contributed by atoms with Crippen molar-refractivity contribution in [2.45, 2.75) is 0 Å². The molecule has 0 unspecified atom stereocenters. The van der Waals surface area contributed by atoms with Crippen molar-refractivity contribution < 1.29 is 9.52 Å². The van der Waals surface area contributed by atoms with Gasteiger partial charge in [0, 0.05) is 11.6 Å². The van der Waals surface area contributed by atoms with E-state index in [2.05, 4.69) is 9.97 Å². The number of hydrogen-bond donors (Lipinski definition) is 3. The molecule has 0 aliphatic rings. The van der Waals surface area contributed by atoms with Crippen molar-refractivity contribution in [3.8, 4) is 23.1 Å². The Labute approximate surface area is 110 Å². The number of rotatable bonds is 1. The number of nitrogens with zero attached hydrogens (tertiary/aromatic N) is 1. The van der Waals surface area contributed by atoms with Gasteiger partial charge in [0.15, 0.2) is 5.58 Å². The van der Waals surface area contributed by atoms with Gasteiger partial charge in [-0.25, -0.2) is 4.79 Å². The van der Waals surface area contributed by atoms with Gasteiger partial charge < -0.3 is 9.52 Å². The number of aromatic nitrogens is 2. The maximum Gasteiger partial charge on any atom is 0.417 e. The molecule has 0 fully saturated rings. The average molecular weight is 269 g/mol. The summed E-state index contributed by atoms with van der Waals surface area (Å²) < 4.78 is 4.92. The lowest BCUT2D eigenvalue weighted by atomic mass is 10.0. The molecule has 20 heavy (non-hydrogen) atoms. The van der Waals surface area contributed by atoms with Gasteiger partial charge in [0.25, 0.3) is 5.56 Å². The van der Waals surface area contributed by atoms with E-state index in [-0.39, 0.29) is 11.1 Å². The fourth-order valence-corrected chi connectivity index (χ4v) is 2.00. The van der Waals surface area contributed by atoms with E-state index in [0.29, 0.717) is 16.7 Å². The molecule has 0 atom stereocenters. The van der Waals surface area contributed by atoms with Crippen LogP contribution in [0.5, 0.6) is 5.88 Å². The summed E-state index contributed by atoms with van der Waals surface area (Å²) in [6.07, 6.45) is 0. The molecule has 0 spiro atoms. The van der Waals surface area contributed by atoms with E-state index >= 15 is 0 Å². The second-order valence-corrected chi connectivity index (χ2v) is 4.11. The number of benzene rings is 1. The minimum Gasteiger partial charge on any atom is -0.494 e. The van der Waals surface area contributed by atoms with Gasteiger partial charge in [0.05, 0.1) is 5.52 Å². The van der Waals surface area contributed by atoms with Crippen molar-refractivity contribution in [3.05, 3.63) is 50.7 Å². The first kappa shape index (κ1) is 11.8. The summed E-state index contributed by atoms with van der Waals surface area (Å²) in [6.45, 7) is 0. The molecule has 2 aromatic heterocycles. The Balaban J connectivity index is 2.33. The van der Waals surface area contributed by atoms with Crippen molar-refractivity contribution in [3.63, 3.8) is 0 Å². The van der Waals surface area contributed by atoms with Gasteiger partial charge >= 0.3 is 5.76 Å². The summed E-state index contributed by atoms with van der Waals surface area (Å²) in [5.41, 5.74) is 0.967. The minimum atomic E-state index is -0.591. The van der Waals surface area contributed by atoms with Gasteiger partial charge in [-0.15, -0.1) is 0 Å². The second kappa shape index (κ2) is 4.13. The maximum absolute atomic E-state index is 11.4. The van der Waals surface area contributed by atoms with Crippen LogP contribution in [0.3, 0.4) is 0 Å². The smallest absolute Gasteiger partial charge is 0.417 e. The number of oxazole rings is 1. The van der Waals surface area contributed by atoms with Crippen LogP contribution in [0, 0.1) is 11.3 Å². The van der Waals surface area contributed by atoms with E-state index in [1.165, 1.54) is 12.1 Å².